The van der Waals surface area contributed by atoms with E-state index in [1.54, 1.807) is 6.92 Å². The van der Waals surface area contributed by atoms with Crippen LogP contribution in [0.25, 0.3) is 0 Å². The lowest BCUT2D eigenvalue weighted by molar-refractivity contribution is -0.156. The Kier molecular flexibility index (Phi) is 7.58. The van der Waals surface area contributed by atoms with Gasteiger partial charge in [0, 0.05) is 12.8 Å². The first-order valence-corrected chi connectivity index (χ1v) is 5.42. The Bertz CT molecular complexity index is 307. The van der Waals surface area contributed by atoms with E-state index in [2.05, 4.69) is 9.47 Å². The Morgan fingerprint density at radius 1 is 0.882 bits per heavy atom. The molecule has 0 rings (SSSR count). The van der Waals surface area contributed by atoms with E-state index in [4.69, 9.17) is 0 Å². The van der Waals surface area contributed by atoms with Crippen molar-refractivity contribution in [2.45, 2.75) is 33.1 Å². The normalized spacial score (nSPS) is 9.53. The van der Waals surface area contributed by atoms with Crippen LogP contribution in [-0.4, -0.2) is 36.7 Å². The highest BCUT2D eigenvalue weighted by molar-refractivity contribution is 6.62. The molecule has 0 saturated heterocycles. The van der Waals surface area contributed by atoms with Crippen LogP contribution in [0.1, 0.15) is 33.1 Å². The molecule has 0 heterocycles. The summed E-state index contributed by atoms with van der Waals surface area (Å²) >= 11 is 0. The molecule has 96 valence electrons. The minimum Gasteiger partial charge on any atom is -0.466 e. The van der Waals surface area contributed by atoms with E-state index in [-0.39, 0.29) is 32.5 Å². The largest absolute Gasteiger partial charge is 0.466 e. The lowest BCUT2D eigenvalue weighted by atomic mass is 10.1. The number of esters is 2. The average Bonchev–Trinajstić information content (AvgIpc) is 2.28. The Hall–Kier alpha value is -1.72. The highest BCUT2D eigenvalue weighted by atomic mass is 16.5. The molecule has 6 heteroatoms. The number of carbonyl (C=O) groups excluding carboxylic acids is 4. The van der Waals surface area contributed by atoms with Gasteiger partial charge in [-0.25, -0.2) is 4.79 Å². The van der Waals surface area contributed by atoms with Crippen LogP contribution in [0.2, 0.25) is 0 Å². The minimum absolute atomic E-state index is 0.0423. The number of rotatable bonds is 8. The van der Waals surface area contributed by atoms with Crippen molar-refractivity contribution in [3.8, 4) is 0 Å². The maximum Gasteiger partial charge on any atom is 0.382 e. The predicted molar refractivity (Wildman–Crippen MR) is 57.1 cm³/mol. The first-order valence-electron chi connectivity index (χ1n) is 5.42. The maximum atomic E-state index is 11.2. The minimum atomic E-state index is -1.17. The lowest BCUT2D eigenvalue weighted by Gasteiger charge is -2.01. The van der Waals surface area contributed by atoms with Gasteiger partial charge in [-0.2, -0.15) is 0 Å². The molecule has 0 unspecified atom stereocenters. The number of carbonyl (C=O) groups is 4. The van der Waals surface area contributed by atoms with Gasteiger partial charge in [-0.05, 0) is 20.3 Å². The highest BCUT2D eigenvalue weighted by Crippen LogP contribution is 2.00. The molecule has 0 radical (unpaired) electrons. The van der Waals surface area contributed by atoms with Crippen molar-refractivity contribution < 1.29 is 28.7 Å². The molecule has 0 aromatic heterocycles. The Morgan fingerprint density at radius 2 is 1.47 bits per heavy atom. The molecule has 0 saturated carbocycles. The summed E-state index contributed by atoms with van der Waals surface area (Å²) in [6.45, 7) is 3.53. The Labute approximate surface area is 99.3 Å². The van der Waals surface area contributed by atoms with Crippen LogP contribution in [-0.2, 0) is 28.7 Å². The molecular weight excluding hydrogens is 228 g/mol. The second kappa shape index (κ2) is 8.43. The first kappa shape index (κ1) is 15.3. The number of ketones is 2. The molecule has 0 N–H and O–H groups in total. The van der Waals surface area contributed by atoms with Crippen LogP contribution in [0.15, 0.2) is 0 Å². The number of hydrogen-bond acceptors (Lipinski definition) is 6. The smallest absolute Gasteiger partial charge is 0.382 e. The molecule has 0 spiro atoms. The number of Topliss-reactive ketones (excluding diaryl/α,β-unsaturated/α-hetero) is 2. The van der Waals surface area contributed by atoms with E-state index in [1.165, 1.54) is 6.92 Å². The van der Waals surface area contributed by atoms with Crippen molar-refractivity contribution in [2.75, 3.05) is 13.2 Å². The van der Waals surface area contributed by atoms with Gasteiger partial charge in [0.1, 0.15) is 0 Å². The predicted octanol–water partition coefficient (Wildman–Crippen LogP) is 0.421. The van der Waals surface area contributed by atoms with Crippen molar-refractivity contribution in [3.05, 3.63) is 0 Å². The first-order chi connectivity index (χ1) is 8.02. The van der Waals surface area contributed by atoms with Crippen LogP contribution < -0.4 is 0 Å². The highest BCUT2D eigenvalue weighted by Gasteiger charge is 2.23. The molecule has 0 atom stereocenters. The van der Waals surface area contributed by atoms with Crippen molar-refractivity contribution in [3.63, 3.8) is 0 Å². The summed E-state index contributed by atoms with van der Waals surface area (Å²) in [7, 11) is 0. The second-order valence-corrected chi connectivity index (χ2v) is 3.13. The fraction of sp³-hybridized carbons (Fsp3) is 0.636. The fourth-order valence-electron chi connectivity index (χ4n) is 1.05. The molecule has 0 bridgehead atoms. The van der Waals surface area contributed by atoms with Gasteiger partial charge < -0.3 is 9.47 Å². The third-order valence-corrected chi connectivity index (χ3v) is 1.80. The van der Waals surface area contributed by atoms with Crippen LogP contribution in [0.5, 0.6) is 0 Å². The van der Waals surface area contributed by atoms with Crippen molar-refractivity contribution in [2.24, 2.45) is 0 Å². The zero-order valence-corrected chi connectivity index (χ0v) is 9.99. The maximum absolute atomic E-state index is 11.2. The summed E-state index contributed by atoms with van der Waals surface area (Å²) in [6, 6.07) is 0. The van der Waals surface area contributed by atoms with Crippen LogP contribution in [0.3, 0.4) is 0 Å². The van der Waals surface area contributed by atoms with Crippen molar-refractivity contribution in [1.29, 1.82) is 0 Å². The fourth-order valence-corrected chi connectivity index (χ4v) is 1.05. The molecular formula is C11H16O6. The van der Waals surface area contributed by atoms with Gasteiger partial charge in [0.05, 0.1) is 13.2 Å². The van der Waals surface area contributed by atoms with Crippen LogP contribution in [0, 0.1) is 0 Å². The summed E-state index contributed by atoms with van der Waals surface area (Å²) in [6.07, 6.45) is 0.0783. The molecule has 6 nitrogen and oxygen atoms in total. The Morgan fingerprint density at radius 3 is 2.00 bits per heavy atom. The van der Waals surface area contributed by atoms with E-state index < -0.39 is 23.5 Å². The van der Waals surface area contributed by atoms with Gasteiger partial charge in [-0.3, -0.25) is 14.4 Å². The van der Waals surface area contributed by atoms with Gasteiger partial charge in [0.25, 0.3) is 0 Å². The van der Waals surface area contributed by atoms with Gasteiger partial charge in [-0.1, -0.05) is 0 Å². The summed E-state index contributed by atoms with van der Waals surface area (Å²) in [5.41, 5.74) is 0. The van der Waals surface area contributed by atoms with E-state index in [1.807, 2.05) is 0 Å². The van der Waals surface area contributed by atoms with Gasteiger partial charge in [0.15, 0.2) is 0 Å². The topological polar surface area (TPSA) is 86.7 Å². The van der Waals surface area contributed by atoms with Crippen LogP contribution in [0.4, 0.5) is 0 Å². The Balaban J connectivity index is 3.90. The molecule has 0 aromatic carbocycles. The zero-order chi connectivity index (χ0) is 13.3. The standard InChI is InChI=1S/C11H16O6/c1-3-16-9(13)7-5-6-8(12)10(14)11(15)17-4-2/h3-7H2,1-2H3. The number of hydrogen-bond donors (Lipinski definition) is 0. The molecule has 0 aliphatic heterocycles. The zero-order valence-electron chi connectivity index (χ0n) is 9.99. The summed E-state index contributed by atoms with van der Waals surface area (Å²) in [5.74, 6) is -3.58. The molecule has 0 aliphatic rings. The second-order valence-electron chi connectivity index (χ2n) is 3.13. The van der Waals surface area contributed by atoms with Gasteiger partial charge in [0.2, 0.25) is 5.78 Å². The quantitative estimate of drug-likeness (QED) is 0.349. The van der Waals surface area contributed by atoms with Gasteiger partial charge in [-0.15, -0.1) is 0 Å². The molecule has 0 aliphatic carbocycles. The molecule has 0 fully saturated rings. The number of ether oxygens (including phenoxy) is 2. The van der Waals surface area contributed by atoms with E-state index >= 15 is 0 Å². The van der Waals surface area contributed by atoms with E-state index in [0.717, 1.165) is 0 Å². The van der Waals surface area contributed by atoms with E-state index in [9.17, 15) is 19.2 Å². The van der Waals surface area contributed by atoms with E-state index in [0.29, 0.717) is 0 Å². The van der Waals surface area contributed by atoms with Crippen LogP contribution >= 0.6 is 0 Å². The molecule has 17 heavy (non-hydrogen) atoms. The summed E-state index contributed by atoms with van der Waals surface area (Å²) in [5, 5.41) is 0. The summed E-state index contributed by atoms with van der Waals surface area (Å²) < 4.78 is 9.03. The monoisotopic (exact) mass is 244 g/mol. The molecule has 0 amide bonds. The third-order valence-electron chi connectivity index (χ3n) is 1.80. The van der Waals surface area contributed by atoms with Crippen molar-refractivity contribution >= 4 is 23.5 Å². The average molecular weight is 244 g/mol. The van der Waals surface area contributed by atoms with Gasteiger partial charge >= 0.3 is 17.7 Å². The SMILES string of the molecule is CCOC(=O)CCCC(=O)C(=O)C(=O)OCC. The molecule has 0 aromatic rings. The van der Waals surface area contributed by atoms with Crippen molar-refractivity contribution in [1.82, 2.24) is 0 Å². The third kappa shape index (κ3) is 6.44. The lowest BCUT2D eigenvalue weighted by Crippen LogP contribution is -2.26. The summed E-state index contributed by atoms with van der Waals surface area (Å²) in [4.78, 5) is 44.1.